The molecule has 0 saturated carbocycles. The summed E-state index contributed by atoms with van der Waals surface area (Å²) in [6, 6.07) is 25.7. The highest BCUT2D eigenvalue weighted by molar-refractivity contribution is 6.00. The van der Waals surface area contributed by atoms with Crippen LogP contribution in [-0.2, 0) is 6.42 Å². The average Bonchev–Trinajstić information content (AvgIpc) is 2.77. The Morgan fingerprint density at radius 3 is 2.14 bits per heavy atom. The summed E-state index contributed by atoms with van der Waals surface area (Å²) >= 11 is 0. The molecule has 0 aliphatic heterocycles. The Labute approximate surface area is 172 Å². The number of hydrazone groups is 1. The van der Waals surface area contributed by atoms with E-state index in [-0.39, 0.29) is 5.91 Å². The lowest BCUT2D eigenvalue weighted by Gasteiger charge is -2.07. The quantitative estimate of drug-likeness (QED) is 0.426. The van der Waals surface area contributed by atoms with Crippen molar-refractivity contribution in [2.24, 2.45) is 5.10 Å². The number of nitrogens with zero attached hydrogens (tertiary/aromatic N) is 1. The summed E-state index contributed by atoms with van der Waals surface area (Å²) < 4.78 is 5.53. The van der Waals surface area contributed by atoms with Gasteiger partial charge in [0.05, 0.1) is 12.3 Å². The predicted octanol–water partition coefficient (Wildman–Crippen LogP) is 5.22. The first-order valence-electron chi connectivity index (χ1n) is 9.86. The Hall–Kier alpha value is -3.40. The maximum absolute atomic E-state index is 12.3. The van der Waals surface area contributed by atoms with Crippen LogP contribution in [-0.4, -0.2) is 18.2 Å². The van der Waals surface area contributed by atoms with Gasteiger partial charge in [0, 0.05) is 5.56 Å². The molecule has 1 amide bonds. The van der Waals surface area contributed by atoms with Crippen LogP contribution in [0.4, 0.5) is 0 Å². The van der Waals surface area contributed by atoms with Crippen molar-refractivity contribution in [1.82, 2.24) is 5.43 Å². The number of ether oxygens (including phenoxy) is 1. The molecule has 0 aliphatic carbocycles. The van der Waals surface area contributed by atoms with Crippen LogP contribution in [0, 0.1) is 0 Å². The first-order valence-corrected chi connectivity index (χ1v) is 9.86. The molecule has 148 valence electrons. The molecule has 4 heteroatoms. The second kappa shape index (κ2) is 10.2. The second-order valence-electron chi connectivity index (χ2n) is 6.87. The minimum absolute atomic E-state index is 0.243. The fourth-order valence-electron chi connectivity index (χ4n) is 2.88. The summed E-state index contributed by atoms with van der Waals surface area (Å²) in [5, 5.41) is 4.24. The zero-order valence-electron chi connectivity index (χ0n) is 16.9. The van der Waals surface area contributed by atoms with E-state index in [2.05, 4.69) is 53.8 Å². The Morgan fingerprint density at radius 2 is 1.48 bits per heavy atom. The van der Waals surface area contributed by atoms with Crippen LogP contribution in [0.25, 0.3) is 0 Å². The number of nitrogens with one attached hydrogen (secondary N) is 1. The summed E-state index contributed by atoms with van der Waals surface area (Å²) in [5.41, 5.74) is 7.42. The fourth-order valence-corrected chi connectivity index (χ4v) is 2.88. The van der Waals surface area contributed by atoms with Crippen LogP contribution in [0.1, 0.15) is 47.3 Å². The summed E-state index contributed by atoms with van der Waals surface area (Å²) in [6.45, 7) is 4.60. The van der Waals surface area contributed by atoms with Gasteiger partial charge in [-0.2, -0.15) is 5.10 Å². The van der Waals surface area contributed by atoms with Gasteiger partial charge in [0.2, 0.25) is 0 Å². The molecule has 4 nitrogen and oxygen atoms in total. The van der Waals surface area contributed by atoms with Gasteiger partial charge in [0.25, 0.3) is 5.91 Å². The van der Waals surface area contributed by atoms with Gasteiger partial charge >= 0.3 is 0 Å². The number of hydrogen-bond donors (Lipinski definition) is 1. The molecule has 3 aromatic carbocycles. The molecule has 0 saturated heterocycles. The van der Waals surface area contributed by atoms with Crippen LogP contribution in [0.15, 0.2) is 84.0 Å². The molecule has 29 heavy (non-hydrogen) atoms. The van der Waals surface area contributed by atoms with E-state index in [1.54, 1.807) is 24.3 Å². The summed E-state index contributed by atoms with van der Waals surface area (Å²) in [5.74, 6) is 0.519. The zero-order chi connectivity index (χ0) is 20.5. The number of amides is 1. The smallest absolute Gasteiger partial charge is 0.271 e. The summed E-state index contributed by atoms with van der Waals surface area (Å²) in [6.07, 6.45) is 1.84. The second-order valence-corrected chi connectivity index (χ2v) is 6.87. The number of benzene rings is 3. The summed E-state index contributed by atoms with van der Waals surface area (Å²) in [7, 11) is 0. The minimum atomic E-state index is -0.243. The van der Waals surface area contributed by atoms with E-state index in [1.807, 2.05) is 25.1 Å². The number of carbonyl (C=O) groups excluding carboxylic acids is 1. The van der Waals surface area contributed by atoms with Crippen LogP contribution in [0.3, 0.4) is 0 Å². The topological polar surface area (TPSA) is 50.7 Å². The molecule has 0 unspecified atom stereocenters. The van der Waals surface area contributed by atoms with Gasteiger partial charge in [-0.3, -0.25) is 4.79 Å². The predicted molar refractivity (Wildman–Crippen MR) is 118 cm³/mol. The van der Waals surface area contributed by atoms with E-state index in [4.69, 9.17) is 4.74 Å². The lowest BCUT2D eigenvalue weighted by Crippen LogP contribution is -2.19. The molecule has 0 bridgehead atoms. The lowest BCUT2D eigenvalue weighted by atomic mass is 10.0. The third-order valence-electron chi connectivity index (χ3n) is 4.54. The Morgan fingerprint density at radius 1 is 0.862 bits per heavy atom. The standard InChI is InChI=1S/C25H26N2O2/c1-3-17-29-24-15-13-23(14-16-24)25(28)27-26-19(2)22-11-9-21(10-12-22)18-20-7-5-4-6-8-20/h4-16H,3,17-18H2,1-2H3,(H,27,28)/b26-19-. The highest BCUT2D eigenvalue weighted by atomic mass is 16.5. The van der Waals surface area contributed by atoms with E-state index in [1.165, 1.54) is 11.1 Å². The molecule has 0 radical (unpaired) electrons. The largest absolute Gasteiger partial charge is 0.494 e. The van der Waals surface area contributed by atoms with Gasteiger partial charge in [-0.05, 0) is 60.7 Å². The van der Waals surface area contributed by atoms with Crippen LogP contribution >= 0.6 is 0 Å². The zero-order valence-corrected chi connectivity index (χ0v) is 16.9. The van der Waals surface area contributed by atoms with Crippen molar-refractivity contribution < 1.29 is 9.53 Å². The van der Waals surface area contributed by atoms with Gasteiger partial charge in [0.15, 0.2) is 0 Å². The van der Waals surface area contributed by atoms with Gasteiger partial charge in [-0.15, -0.1) is 0 Å². The van der Waals surface area contributed by atoms with Gasteiger partial charge < -0.3 is 4.74 Å². The highest BCUT2D eigenvalue weighted by Gasteiger charge is 2.06. The molecule has 0 atom stereocenters. The fraction of sp³-hybridized carbons (Fsp3) is 0.200. The SMILES string of the molecule is CCCOc1ccc(C(=O)N/N=C(/C)c2ccc(Cc3ccccc3)cc2)cc1. The molecule has 3 rings (SSSR count). The van der Waals surface area contributed by atoms with Crippen molar-refractivity contribution in [3.63, 3.8) is 0 Å². The lowest BCUT2D eigenvalue weighted by molar-refractivity contribution is 0.0955. The van der Waals surface area contributed by atoms with Gasteiger partial charge in [-0.25, -0.2) is 5.43 Å². The van der Waals surface area contributed by atoms with Crippen LogP contribution < -0.4 is 10.2 Å². The van der Waals surface area contributed by atoms with E-state index in [0.29, 0.717) is 12.2 Å². The number of carbonyl (C=O) groups is 1. The maximum atomic E-state index is 12.3. The summed E-state index contributed by atoms with van der Waals surface area (Å²) in [4.78, 5) is 12.3. The van der Waals surface area contributed by atoms with E-state index in [9.17, 15) is 4.79 Å². The van der Waals surface area contributed by atoms with Crippen LogP contribution in [0.5, 0.6) is 5.75 Å². The van der Waals surface area contributed by atoms with Crippen molar-refractivity contribution in [2.75, 3.05) is 6.61 Å². The Kier molecular flexibility index (Phi) is 7.17. The Balaban J connectivity index is 1.58. The molecule has 0 aromatic heterocycles. The maximum Gasteiger partial charge on any atom is 0.271 e. The first-order chi connectivity index (χ1) is 14.2. The molecule has 0 fully saturated rings. The number of hydrogen-bond acceptors (Lipinski definition) is 3. The van der Waals surface area contributed by atoms with Crippen molar-refractivity contribution in [3.8, 4) is 5.75 Å². The minimum Gasteiger partial charge on any atom is -0.494 e. The van der Waals surface area contributed by atoms with Crippen LogP contribution in [0.2, 0.25) is 0 Å². The molecule has 0 spiro atoms. The third-order valence-corrected chi connectivity index (χ3v) is 4.54. The van der Waals surface area contributed by atoms with Crippen molar-refractivity contribution >= 4 is 11.6 Å². The van der Waals surface area contributed by atoms with Gasteiger partial charge in [-0.1, -0.05) is 61.5 Å². The first kappa shape index (κ1) is 20.3. The molecular formula is C25H26N2O2. The highest BCUT2D eigenvalue weighted by Crippen LogP contribution is 2.13. The third kappa shape index (κ3) is 6.04. The Bertz CT molecular complexity index is 946. The van der Waals surface area contributed by atoms with Gasteiger partial charge in [0.1, 0.15) is 5.75 Å². The molecule has 0 aliphatic rings. The van der Waals surface area contributed by atoms with E-state index in [0.717, 1.165) is 29.9 Å². The van der Waals surface area contributed by atoms with Crippen molar-refractivity contribution in [1.29, 1.82) is 0 Å². The monoisotopic (exact) mass is 386 g/mol. The molecule has 0 heterocycles. The van der Waals surface area contributed by atoms with Crippen molar-refractivity contribution in [2.45, 2.75) is 26.7 Å². The number of rotatable bonds is 8. The normalized spacial score (nSPS) is 11.2. The van der Waals surface area contributed by atoms with E-state index >= 15 is 0 Å². The molecule has 1 N–H and O–H groups in total. The molecule has 3 aromatic rings. The average molecular weight is 386 g/mol. The van der Waals surface area contributed by atoms with Crippen molar-refractivity contribution in [3.05, 3.63) is 101 Å². The molecular weight excluding hydrogens is 360 g/mol. The van der Waals surface area contributed by atoms with E-state index < -0.39 is 0 Å².